The third-order valence-corrected chi connectivity index (χ3v) is 2.03. The SMILES string of the molecule is CCC(C)(O)CN(C)CC(C)(C)O. The summed E-state index contributed by atoms with van der Waals surface area (Å²) in [6.07, 6.45) is 0.725. The van der Waals surface area contributed by atoms with Gasteiger partial charge in [0.15, 0.2) is 0 Å². The first-order valence-electron chi connectivity index (χ1n) is 4.79. The van der Waals surface area contributed by atoms with Gasteiger partial charge in [-0.25, -0.2) is 0 Å². The number of aliphatic hydroxyl groups is 2. The molecule has 1 atom stereocenters. The molecule has 0 aliphatic heterocycles. The Morgan fingerprint density at radius 3 is 1.85 bits per heavy atom. The van der Waals surface area contributed by atoms with Gasteiger partial charge in [0, 0.05) is 13.1 Å². The van der Waals surface area contributed by atoms with E-state index in [4.69, 9.17) is 0 Å². The second-order valence-electron chi connectivity index (χ2n) is 4.84. The number of rotatable bonds is 5. The molecular formula is C10H23NO2. The van der Waals surface area contributed by atoms with E-state index < -0.39 is 11.2 Å². The summed E-state index contributed by atoms with van der Waals surface area (Å²) in [7, 11) is 1.90. The van der Waals surface area contributed by atoms with Crippen LogP contribution in [0, 0.1) is 0 Å². The maximum atomic E-state index is 9.77. The van der Waals surface area contributed by atoms with E-state index in [0.29, 0.717) is 13.1 Å². The molecule has 0 saturated carbocycles. The zero-order valence-electron chi connectivity index (χ0n) is 9.46. The quantitative estimate of drug-likeness (QED) is 0.674. The van der Waals surface area contributed by atoms with Crippen molar-refractivity contribution in [3.63, 3.8) is 0 Å². The van der Waals surface area contributed by atoms with Crippen LogP contribution in [0.5, 0.6) is 0 Å². The number of nitrogens with zero attached hydrogens (tertiary/aromatic N) is 1. The highest BCUT2D eigenvalue weighted by atomic mass is 16.3. The number of hydrogen-bond acceptors (Lipinski definition) is 3. The van der Waals surface area contributed by atoms with Gasteiger partial charge >= 0.3 is 0 Å². The second kappa shape index (κ2) is 4.40. The normalized spacial score (nSPS) is 17.5. The molecule has 80 valence electrons. The van der Waals surface area contributed by atoms with Crippen LogP contribution >= 0.6 is 0 Å². The molecule has 0 aromatic carbocycles. The summed E-state index contributed by atoms with van der Waals surface area (Å²) in [4.78, 5) is 1.95. The van der Waals surface area contributed by atoms with E-state index in [-0.39, 0.29) is 0 Å². The molecule has 0 spiro atoms. The van der Waals surface area contributed by atoms with Crippen LogP contribution in [0.3, 0.4) is 0 Å². The van der Waals surface area contributed by atoms with Crippen molar-refractivity contribution in [3.8, 4) is 0 Å². The lowest BCUT2D eigenvalue weighted by Gasteiger charge is -2.31. The lowest BCUT2D eigenvalue weighted by atomic mass is 10.0. The van der Waals surface area contributed by atoms with Crippen molar-refractivity contribution >= 4 is 0 Å². The Morgan fingerprint density at radius 2 is 1.54 bits per heavy atom. The molecule has 3 heteroatoms. The molecule has 0 saturated heterocycles. The fraction of sp³-hybridized carbons (Fsp3) is 1.00. The second-order valence-corrected chi connectivity index (χ2v) is 4.84. The summed E-state index contributed by atoms with van der Waals surface area (Å²) in [6.45, 7) is 8.47. The van der Waals surface area contributed by atoms with Crippen LogP contribution in [0.2, 0.25) is 0 Å². The molecule has 0 heterocycles. The average Bonchev–Trinajstić information content (AvgIpc) is 1.81. The topological polar surface area (TPSA) is 43.7 Å². The summed E-state index contributed by atoms with van der Waals surface area (Å²) >= 11 is 0. The molecule has 0 radical (unpaired) electrons. The number of likely N-dealkylation sites (N-methyl/N-ethyl adjacent to an activating group) is 1. The molecule has 1 unspecified atom stereocenters. The minimum atomic E-state index is -0.696. The Balaban J connectivity index is 3.94. The third kappa shape index (κ3) is 6.99. The van der Waals surface area contributed by atoms with Crippen molar-refractivity contribution in [1.82, 2.24) is 4.90 Å². The highest BCUT2D eigenvalue weighted by molar-refractivity contribution is 4.78. The van der Waals surface area contributed by atoms with E-state index >= 15 is 0 Å². The van der Waals surface area contributed by atoms with Gasteiger partial charge in [-0.2, -0.15) is 0 Å². The highest BCUT2D eigenvalue weighted by Gasteiger charge is 2.23. The van der Waals surface area contributed by atoms with Gasteiger partial charge in [-0.05, 0) is 34.2 Å². The van der Waals surface area contributed by atoms with Gasteiger partial charge in [0.05, 0.1) is 11.2 Å². The predicted molar refractivity (Wildman–Crippen MR) is 54.7 cm³/mol. The largest absolute Gasteiger partial charge is 0.389 e. The highest BCUT2D eigenvalue weighted by Crippen LogP contribution is 2.12. The minimum Gasteiger partial charge on any atom is -0.389 e. The third-order valence-electron chi connectivity index (χ3n) is 2.03. The molecule has 0 aromatic rings. The van der Waals surface area contributed by atoms with Gasteiger partial charge in [-0.3, -0.25) is 0 Å². The molecule has 0 aromatic heterocycles. The fourth-order valence-corrected chi connectivity index (χ4v) is 1.41. The van der Waals surface area contributed by atoms with Gasteiger partial charge in [0.1, 0.15) is 0 Å². The molecule has 0 rings (SSSR count). The van der Waals surface area contributed by atoms with Crippen molar-refractivity contribution in [2.45, 2.75) is 45.3 Å². The number of hydrogen-bond donors (Lipinski definition) is 2. The van der Waals surface area contributed by atoms with Gasteiger partial charge in [-0.15, -0.1) is 0 Å². The van der Waals surface area contributed by atoms with E-state index in [0.717, 1.165) is 6.42 Å². The van der Waals surface area contributed by atoms with Gasteiger partial charge in [-0.1, -0.05) is 6.92 Å². The standard InChI is InChI=1S/C10H23NO2/c1-6-10(4,13)8-11(5)7-9(2,3)12/h12-13H,6-8H2,1-5H3. The smallest absolute Gasteiger partial charge is 0.0743 e. The summed E-state index contributed by atoms with van der Waals surface area (Å²) < 4.78 is 0. The maximum Gasteiger partial charge on any atom is 0.0743 e. The van der Waals surface area contributed by atoms with Crippen LogP contribution in [0.15, 0.2) is 0 Å². The Kier molecular flexibility index (Phi) is 4.36. The first kappa shape index (κ1) is 12.9. The Bertz CT molecular complexity index is 149. The first-order valence-corrected chi connectivity index (χ1v) is 4.79. The van der Waals surface area contributed by atoms with Crippen LogP contribution in [0.4, 0.5) is 0 Å². The minimum absolute atomic E-state index is 0.573. The van der Waals surface area contributed by atoms with Crippen LogP contribution in [0.1, 0.15) is 34.1 Å². The fourth-order valence-electron chi connectivity index (χ4n) is 1.41. The van der Waals surface area contributed by atoms with Crippen molar-refractivity contribution in [2.75, 3.05) is 20.1 Å². The molecule has 0 amide bonds. The summed E-state index contributed by atoms with van der Waals surface area (Å²) in [6, 6.07) is 0. The molecule has 0 aliphatic carbocycles. The summed E-state index contributed by atoms with van der Waals surface area (Å²) in [5, 5.41) is 19.3. The monoisotopic (exact) mass is 189 g/mol. The summed E-state index contributed by atoms with van der Waals surface area (Å²) in [5.74, 6) is 0. The van der Waals surface area contributed by atoms with E-state index in [1.54, 1.807) is 13.8 Å². The van der Waals surface area contributed by atoms with E-state index in [9.17, 15) is 10.2 Å². The molecule has 2 N–H and O–H groups in total. The van der Waals surface area contributed by atoms with Crippen molar-refractivity contribution < 1.29 is 10.2 Å². The molecule has 0 bridgehead atoms. The zero-order chi connectivity index (χ0) is 10.7. The van der Waals surface area contributed by atoms with Crippen LogP contribution in [0.25, 0.3) is 0 Å². The maximum absolute atomic E-state index is 9.77. The first-order chi connectivity index (χ1) is 5.66. The van der Waals surface area contributed by atoms with Crippen LogP contribution in [-0.4, -0.2) is 46.5 Å². The lowest BCUT2D eigenvalue weighted by molar-refractivity contribution is -0.00840. The molecular weight excluding hydrogens is 166 g/mol. The van der Waals surface area contributed by atoms with E-state index in [2.05, 4.69) is 0 Å². The van der Waals surface area contributed by atoms with E-state index in [1.807, 2.05) is 25.8 Å². The predicted octanol–water partition coefficient (Wildman–Crippen LogP) is 0.850. The van der Waals surface area contributed by atoms with Crippen molar-refractivity contribution in [1.29, 1.82) is 0 Å². The zero-order valence-corrected chi connectivity index (χ0v) is 9.46. The molecule has 0 fully saturated rings. The van der Waals surface area contributed by atoms with Gasteiger partial charge in [0.2, 0.25) is 0 Å². The summed E-state index contributed by atoms with van der Waals surface area (Å²) in [5.41, 5.74) is -1.35. The molecule has 3 nitrogen and oxygen atoms in total. The van der Waals surface area contributed by atoms with E-state index in [1.165, 1.54) is 0 Å². The van der Waals surface area contributed by atoms with Crippen molar-refractivity contribution in [3.05, 3.63) is 0 Å². The molecule has 0 aliphatic rings. The Hall–Kier alpha value is -0.120. The van der Waals surface area contributed by atoms with Gasteiger partial charge in [0.25, 0.3) is 0 Å². The average molecular weight is 189 g/mol. The molecule has 13 heavy (non-hydrogen) atoms. The van der Waals surface area contributed by atoms with Crippen LogP contribution < -0.4 is 0 Å². The Morgan fingerprint density at radius 1 is 1.08 bits per heavy atom. The van der Waals surface area contributed by atoms with Crippen molar-refractivity contribution in [2.24, 2.45) is 0 Å². The van der Waals surface area contributed by atoms with Crippen LogP contribution in [-0.2, 0) is 0 Å². The Labute approximate surface area is 81.4 Å². The van der Waals surface area contributed by atoms with Gasteiger partial charge < -0.3 is 15.1 Å². The lowest BCUT2D eigenvalue weighted by Crippen LogP contribution is -2.44.